The minimum absolute atomic E-state index is 0.104. The van der Waals surface area contributed by atoms with Gasteiger partial charge in [0, 0.05) is 30.9 Å². The average molecular weight is 463 g/mol. The Morgan fingerprint density at radius 3 is 2.77 bits per heavy atom. The fourth-order valence-electron chi connectivity index (χ4n) is 3.47. The normalized spacial score (nSPS) is 16.5. The van der Waals surface area contributed by atoms with E-state index < -0.39 is 5.91 Å². The van der Waals surface area contributed by atoms with Gasteiger partial charge < -0.3 is 21.7 Å². The number of pyridine rings is 1. The van der Waals surface area contributed by atoms with Crippen LogP contribution in [0.1, 0.15) is 23.3 Å². The van der Waals surface area contributed by atoms with Gasteiger partial charge in [-0.3, -0.25) is 9.78 Å². The highest BCUT2D eigenvalue weighted by Gasteiger charge is 2.23. The van der Waals surface area contributed by atoms with Crippen molar-refractivity contribution in [3.8, 4) is 10.6 Å². The topological polar surface area (TPSA) is 110 Å². The number of aromatic nitrogens is 2. The molecule has 1 unspecified atom stereocenters. The monoisotopic (exact) mass is 462 g/mol. The number of carbonyl (C=O) groups excluding carboxylic acids is 1. The number of piperidine rings is 1. The number of halogens is 2. The van der Waals surface area contributed by atoms with E-state index in [0.29, 0.717) is 26.3 Å². The first-order valence-corrected chi connectivity index (χ1v) is 11.0. The van der Waals surface area contributed by atoms with Crippen LogP contribution in [0.2, 0.25) is 10.0 Å². The van der Waals surface area contributed by atoms with Crippen molar-refractivity contribution in [1.29, 1.82) is 0 Å². The number of nitrogen functional groups attached to an aromatic ring is 1. The Kier molecular flexibility index (Phi) is 6.10. The molecule has 1 aliphatic heterocycles. The number of nitrogens with two attached hydrogens (primary N) is 2. The van der Waals surface area contributed by atoms with Crippen LogP contribution in [-0.2, 0) is 0 Å². The maximum Gasteiger partial charge on any atom is 0.277 e. The molecule has 1 saturated heterocycles. The van der Waals surface area contributed by atoms with Crippen LogP contribution in [0.3, 0.4) is 0 Å². The van der Waals surface area contributed by atoms with Crippen LogP contribution in [0.25, 0.3) is 10.6 Å². The van der Waals surface area contributed by atoms with Gasteiger partial charge in [-0.15, -0.1) is 0 Å². The van der Waals surface area contributed by atoms with Crippen LogP contribution in [-0.4, -0.2) is 35.0 Å². The zero-order chi connectivity index (χ0) is 21.3. The van der Waals surface area contributed by atoms with Crippen LogP contribution >= 0.6 is 34.5 Å². The molecule has 7 nitrogen and oxygen atoms in total. The summed E-state index contributed by atoms with van der Waals surface area (Å²) in [5.74, 6) is -0.422. The Labute approximate surface area is 188 Å². The number of carbonyl (C=O) groups is 1. The van der Waals surface area contributed by atoms with Crippen molar-refractivity contribution in [1.82, 2.24) is 9.97 Å². The van der Waals surface area contributed by atoms with E-state index in [4.69, 9.17) is 34.7 Å². The molecule has 5 N–H and O–H groups in total. The lowest BCUT2D eigenvalue weighted by Gasteiger charge is -2.33. The SMILES string of the molecule is Nc1sc(-c2c(Cl)cccc2Cl)nc1C(=O)Nc1cnccc1N1CCCC(N)C1. The highest BCUT2D eigenvalue weighted by molar-refractivity contribution is 7.19. The number of thiazole rings is 1. The third-order valence-corrected chi connectivity index (χ3v) is 6.42. The summed E-state index contributed by atoms with van der Waals surface area (Å²) in [7, 11) is 0. The zero-order valence-corrected chi connectivity index (χ0v) is 18.3. The van der Waals surface area contributed by atoms with Crippen molar-refractivity contribution in [2.75, 3.05) is 29.0 Å². The summed E-state index contributed by atoms with van der Waals surface area (Å²) in [6, 6.07) is 7.14. The largest absolute Gasteiger partial charge is 0.389 e. The summed E-state index contributed by atoms with van der Waals surface area (Å²) in [5.41, 5.74) is 14.3. The predicted molar refractivity (Wildman–Crippen MR) is 124 cm³/mol. The number of amides is 1. The Balaban J connectivity index is 1.61. The van der Waals surface area contributed by atoms with Crippen molar-refractivity contribution in [2.45, 2.75) is 18.9 Å². The molecule has 10 heteroatoms. The third kappa shape index (κ3) is 4.22. The molecule has 0 radical (unpaired) electrons. The van der Waals surface area contributed by atoms with Gasteiger partial charge in [-0.25, -0.2) is 4.98 Å². The van der Waals surface area contributed by atoms with Crippen molar-refractivity contribution in [3.63, 3.8) is 0 Å². The molecule has 3 heterocycles. The van der Waals surface area contributed by atoms with E-state index >= 15 is 0 Å². The molecular formula is C20H20Cl2N6OS. The molecule has 0 aliphatic carbocycles. The van der Waals surface area contributed by atoms with Gasteiger partial charge in [-0.05, 0) is 31.0 Å². The number of nitrogens with zero attached hydrogens (tertiary/aromatic N) is 3. The van der Waals surface area contributed by atoms with Crippen molar-refractivity contribution in [2.24, 2.45) is 5.73 Å². The first-order chi connectivity index (χ1) is 14.4. The highest BCUT2D eigenvalue weighted by atomic mass is 35.5. The molecule has 1 amide bonds. The Hall–Kier alpha value is -2.39. The molecule has 4 rings (SSSR count). The summed E-state index contributed by atoms with van der Waals surface area (Å²) in [6.45, 7) is 1.59. The fraction of sp³-hybridized carbons (Fsp3) is 0.250. The Bertz CT molecular complexity index is 1070. The maximum atomic E-state index is 13.0. The smallest absolute Gasteiger partial charge is 0.277 e. The molecule has 0 spiro atoms. The second-order valence-electron chi connectivity index (χ2n) is 7.02. The summed E-state index contributed by atoms with van der Waals surface area (Å²) >= 11 is 13.7. The lowest BCUT2D eigenvalue weighted by atomic mass is 10.1. The standard InChI is InChI=1S/C20H20Cl2N6OS/c21-12-4-1-5-13(22)16(12)20-27-17(18(24)30-20)19(29)26-14-9-25-7-6-15(14)28-8-2-3-11(23)10-28/h1,4-7,9,11H,2-3,8,10,23-24H2,(H,26,29). The summed E-state index contributed by atoms with van der Waals surface area (Å²) < 4.78 is 0. The lowest BCUT2D eigenvalue weighted by Crippen LogP contribution is -2.43. The number of rotatable bonds is 4. The van der Waals surface area contributed by atoms with Crippen LogP contribution in [0, 0.1) is 0 Å². The minimum atomic E-state index is -0.422. The van der Waals surface area contributed by atoms with Crippen LogP contribution in [0.4, 0.5) is 16.4 Å². The maximum absolute atomic E-state index is 13.0. The van der Waals surface area contributed by atoms with Gasteiger partial charge in [0.2, 0.25) is 0 Å². The number of anilines is 3. The first-order valence-electron chi connectivity index (χ1n) is 9.40. The van der Waals surface area contributed by atoms with Gasteiger partial charge >= 0.3 is 0 Å². The van der Waals surface area contributed by atoms with Crippen LogP contribution in [0.15, 0.2) is 36.7 Å². The zero-order valence-electron chi connectivity index (χ0n) is 15.9. The molecule has 0 saturated carbocycles. The van der Waals surface area contributed by atoms with E-state index in [-0.39, 0.29) is 16.7 Å². The van der Waals surface area contributed by atoms with Gasteiger partial charge in [0.15, 0.2) is 5.69 Å². The second-order valence-corrected chi connectivity index (χ2v) is 8.87. The number of benzene rings is 1. The van der Waals surface area contributed by atoms with Gasteiger partial charge in [-0.2, -0.15) is 0 Å². The van der Waals surface area contributed by atoms with Crippen molar-refractivity contribution < 1.29 is 4.79 Å². The summed E-state index contributed by atoms with van der Waals surface area (Å²) in [4.78, 5) is 23.7. The minimum Gasteiger partial charge on any atom is -0.389 e. The summed E-state index contributed by atoms with van der Waals surface area (Å²) in [5, 5.41) is 4.54. The van der Waals surface area contributed by atoms with Crippen LogP contribution < -0.4 is 21.7 Å². The molecule has 1 fully saturated rings. The van der Waals surface area contributed by atoms with E-state index in [1.54, 1.807) is 30.6 Å². The molecule has 1 aromatic carbocycles. The second kappa shape index (κ2) is 8.77. The molecule has 1 atom stereocenters. The lowest BCUT2D eigenvalue weighted by molar-refractivity contribution is 0.102. The van der Waals surface area contributed by atoms with Crippen LogP contribution in [0.5, 0.6) is 0 Å². The predicted octanol–water partition coefficient (Wildman–Crippen LogP) is 4.27. The van der Waals surface area contributed by atoms with Gasteiger partial charge in [0.25, 0.3) is 5.91 Å². The molecule has 3 aromatic rings. The Morgan fingerprint density at radius 1 is 1.27 bits per heavy atom. The number of hydrogen-bond acceptors (Lipinski definition) is 7. The molecule has 2 aromatic heterocycles. The van der Waals surface area contributed by atoms with Gasteiger partial charge in [-0.1, -0.05) is 40.6 Å². The highest BCUT2D eigenvalue weighted by Crippen LogP contribution is 2.39. The average Bonchev–Trinajstić information content (AvgIpc) is 3.09. The van der Waals surface area contributed by atoms with Gasteiger partial charge in [0.05, 0.1) is 27.6 Å². The van der Waals surface area contributed by atoms with Crippen molar-refractivity contribution in [3.05, 3.63) is 52.4 Å². The first kappa shape index (κ1) is 20.9. The van der Waals surface area contributed by atoms with Crippen molar-refractivity contribution >= 4 is 56.8 Å². The van der Waals surface area contributed by atoms with E-state index in [1.807, 2.05) is 6.07 Å². The van der Waals surface area contributed by atoms with E-state index in [9.17, 15) is 4.79 Å². The van der Waals surface area contributed by atoms with E-state index in [1.165, 1.54) is 0 Å². The molecule has 156 valence electrons. The molecule has 0 bridgehead atoms. The van der Waals surface area contributed by atoms with E-state index in [2.05, 4.69) is 20.2 Å². The molecular weight excluding hydrogens is 443 g/mol. The van der Waals surface area contributed by atoms with Gasteiger partial charge in [0.1, 0.15) is 10.0 Å². The Morgan fingerprint density at radius 2 is 2.03 bits per heavy atom. The number of nitrogens with one attached hydrogen (secondary N) is 1. The summed E-state index contributed by atoms with van der Waals surface area (Å²) in [6.07, 6.45) is 5.30. The fourth-order valence-corrected chi connectivity index (χ4v) is 5.06. The quantitative estimate of drug-likeness (QED) is 0.533. The molecule has 30 heavy (non-hydrogen) atoms. The third-order valence-electron chi connectivity index (χ3n) is 4.89. The molecule has 1 aliphatic rings. The number of hydrogen-bond donors (Lipinski definition) is 3. The van der Waals surface area contributed by atoms with E-state index in [0.717, 1.165) is 43.0 Å².